The molecule has 34 heavy (non-hydrogen) atoms. The van der Waals surface area contributed by atoms with Gasteiger partial charge in [0.1, 0.15) is 17.7 Å². The highest BCUT2D eigenvalue weighted by Gasteiger charge is 2.31. The first-order valence-corrected chi connectivity index (χ1v) is 10.9. The third-order valence-electron chi connectivity index (χ3n) is 4.92. The van der Waals surface area contributed by atoms with Crippen LogP contribution in [0, 0.1) is 6.92 Å². The smallest absolute Gasteiger partial charge is 0.416 e. The van der Waals surface area contributed by atoms with E-state index in [2.05, 4.69) is 15.3 Å². The Labute approximate surface area is 196 Å². The molecule has 10 heteroatoms. The standard InChI is InChI=1S/C24H29F3N4O3/c1-5-6-33-13-14(2)34-22-10-19-20(11-21(22)32-4)30-15(3)31-23(19)29-12-16-7-17(24(25,26)27)9-18(28)8-16/h7-11,14H,5-6,12-13,28H2,1-4H3,(H,29,30,31). The molecule has 0 saturated carbocycles. The van der Waals surface area contributed by atoms with E-state index in [1.165, 1.54) is 13.2 Å². The number of aromatic nitrogens is 2. The molecule has 2 aromatic carbocycles. The van der Waals surface area contributed by atoms with Gasteiger partial charge in [0.2, 0.25) is 0 Å². The molecule has 0 radical (unpaired) electrons. The Morgan fingerprint density at radius 2 is 1.85 bits per heavy atom. The van der Waals surface area contributed by atoms with E-state index in [-0.39, 0.29) is 18.3 Å². The highest BCUT2D eigenvalue weighted by molar-refractivity contribution is 5.91. The molecule has 0 aliphatic heterocycles. The number of nitrogen functional groups attached to an aromatic ring is 1. The van der Waals surface area contributed by atoms with Gasteiger partial charge in [0.05, 0.1) is 24.8 Å². The van der Waals surface area contributed by atoms with Crippen LogP contribution >= 0.6 is 0 Å². The SMILES string of the molecule is CCCOCC(C)Oc1cc2c(NCc3cc(N)cc(C(F)(F)F)c3)nc(C)nc2cc1OC. The van der Waals surface area contributed by atoms with Crippen LogP contribution in [0.2, 0.25) is 0 Å². The quantitative estimate of drug-likeness (QED) is 0.300. The van der Waals surface area contributed by atoms with Gasteiger partial charge in [-0.15, -0.1) is 0 Å². The summed E-state index contributed by atoms with van der Waals surface area (Å²) in [6.45, 7) is 6.80. The molecule has 1 unspecified atom stereocenters. The number of ether oxygens (including phenoxy) is 3. The molecule has 0 spiro atoms. The summed E-state index contributed by atoms with van der Waals surface area (Å²) in [5, 5.41) is 3.76. The minimum Gasteiger partial charge on any atom is -0.493 e. The maximum absolute atomic E-state index is 13.2. The summed E-state index contributed by atoms with van der Waals surface area (Å²) in [6, 6.07) is 6.97. The fraction of sp³-hybridized carbons (Fsp3) is 0.417. The molecule has 0 amide bonds. The summed E-state index contributed by atoms with van der Waals surface area (Å²) in [5.74, 6) is 1.95. The van der Waals surface area contributed by atoms with Gasteiger partial charge < -0.3 is 25.3 Å². The zero-order chi connectivity index (χ0) is 24.9. The molecule has 1 aromatic heterocycles. The van der Waals surface area contributed by atoms with Crippen molar-refractivity contribution in [3.8, 4) is 11.5 Å². The van der Waals surface area contributed by atoms with Crippen LogP contribution in [0.5, 0.6) is 11.5 Å². The van der Waals surface area contributed by atoms with Crippen molar-refractivity contribution in [1.82, 2.24) is 9.97 Å². The normalized spacial score (nSPS) is 12.6. The molecule has 184 valence electrons. The van der Waals surface area contributed by atoms with E-state index in [1.54, 1.807) is 19.1 Å². The molecule has 0 aliphatic rings. The van der Waals surface area contributed by atoms with Crippen molar-refractivity contribution in [2.45, 2.75) is 46.0 Å². The van der Waals surface area contributed by atoms with E-state index in [0.717, 1.165) is 18.6 Å². The molecule has 3 aromatic rings. The summed E-state index contributed by atoms with van der Waals surface area (Å²) in [6.07, 6.45) is -3.80. The van der Waals surface area contributed by atoms with Crippen LogP contribution in [0.15, 0.2) is 30.3 Å². The number of benzene rings is 2. The molecular weight excluding hydrogens is 449 g/mol. The minimum atomic E-state index is -4.48. The third kappa shape index (κ3) is 6.40. The van der Waals surface area contributed by atoms with Crippen LogP contribution in [-0.2, 0) is 17.5 Å². The number of anilines is 2. The van der Waals surface area contributed by atoms with Crippen molar-refractivity contribution in [3.05, 3.63) is 47.3 Å². The summed E-state index contributed by atoms with van der Waals surface area (Å²) >= 11 is 0. The van der Waals surface area contributed by atoms with Gasteiger partial charge in [0.25, 0.3) is 0 Å². The lowest BCUT2D eigenvalue weighted by atomic mass is 10.1. The van der Waals surface area contributed by atoms with Crippen molar-refractivity contribution in [2.75, 3.05) is 31.4 Å². The maximum atomic E-state index is 13.2. The lowest BCUT2D eigenvalue weighted by molar-refractivity contribution is -0.137. The van der Waals surface area contributed by atoms with E-state index >= 15 is 0 Å². The lowest BCUT2D eigenvalue weighted by Gasteiger charge is -2.18. The highest BCUT2D eigenvalue weighted by Crippen LogP contribution is 2.35. The molecule has 7 nitrogen and oxygen atoms in total. The first-order chi connectivity index (χ1) is 16.1. The Kier molecular flexibility index (Phi) is 8.03. The number of alkyl halides is 3. The molecule has 1 heterocycles. The Balaban J connectivity index is 1.91. The van der Waals surface area contributed by atoms with Crippen LogP contribution in [-0.4, -0.2) is 36.4 Å². The predicted octanol–water partition coefficient (Wildman–Crippen LogP) is 5.35. The monoisotopic (exact) mass is 478 g/mol. The van der Waals surface area contributed by atoms with E-state index in [1.807, 2.05) is 13.8 Å². The van der Waals surface area contributed by atoms with Gasteiger partial charge >= 0.3 is 6.18 Å². The maximum Gasteiger partial charge on any atom is 0.416 e. The van der Waals surface area contributed by atoms with Crippen LogP contribution in [0.4, 0.5) is 24.7 Å². The lowest BCUT2D eigenvalue weighted by Crippen LogP contribution is -2.19. The number of rotatable bonds is 10. The molecule has 0 aliphatic carbocycles. The third-order valence-corrected chi connectivity index (χ3v) is 4.92. The van der Waals surface area contributed by atoms with Gasteiger partial charge in [0.15, 0.2) is 11.5 Å². The molecule has 0 saturated heterocycles. The second kappa shape index (κ2) is 10.8. The fourth-order valence-corrected chi connectivity index (χ4v) is 3.45. The number of hydrogen-bond donors (Lipinski definition) is 2. The van der Waals surface area contributed by atoms with Crippen LogP contribution < -0.4 is 20.5 Å². The topological polar surface area (TPSA) is 91.5 Å². The summed E-state index contributed by atoms with van der Waals surface area (Å²) in [4.78, 5) is 8.91. The van der Waals surface area contributed by atoms with E-state index in [9.17, 15) is 13.2 Å². The average molecular weight is 479 g/mol. The minimum absolute atomic E-state index is 0.0371. The number of nitrogens with two attached hydrogens (primary N) is 1. The van der Waals surface area contributed by atoms with E-state index < -0.39 is 11.7 Å². The molecule has 1 atom stereocenters. The predicted molar refractivity (Wildman–Crippen MR) is 125 cm³/mol. The number of nitrogens with zero attached hydrogens (tertiary/aromatic N) is 2. The highest BCUT2D eigenvalue weighted by atomic mass is 19.4. The Morgan fingerprint density at radius 3 is 2.53 bits per heavy atom. The van der Waals surface area contributed by atoms with Crippen LogP contribution in [0.25, 0.3) is 10.9 Å². The molecule has 3 N–H and O–H groups in total. The summed E-state index contributed by atoms with van der Waals surface area (Å²) in [7, 11) is 1.54. The van der Waals surface area contributed by atoms with Crippen LogP contribution in [0.3, 0.4) is 0 Å². The molecule has 3 rings (SSSR count). The molecule has 0 fully saturated rings. The Morgan fingerprint density at radius 1 is 1.09 bits per heavy atom. The molecule has 0 bridgehead atoms. The van der Waals surface area contributed by atoms with Crippen molar-refractivity contribution in [1.29, 1.82) is 0 Å². The average Bonchev–Trinajstić information content (AvgIpc) is 2.76. The summed E-state index contributed by atoms with van der Waals surface area (Å²) in [5.41, 5.74) is 5.91. The van der Waals surface area contributed by atoms with E-state index in [4.69, 9.17) is 19.9 Å². The Bertz CT molecular complexity index is 1140. The van der Waals surface area contributed by atoms with Crippen molar-refractivity contribution in [3.63, 3.8) is 0 Å². The zero-order valence-corrected chi connectivity index (χ0v) is 19.6. The second-order valence-corrected chi connectivity index (χ2v) is 7.96. The fourth-order valence-electron chi connectivity index (χ4n) is 3.45. The van der Waals surface area contributed by atoms with Gasteiger partial charge in [-0.25, -0.2) is 9.97 Å². The van der Waals surface area contributed by atoms with Crippen LogP contribution in [0.1, 0.15) is 37.2 Å². The number of halogens is 3. The van der Waals surface area contributed by atoms with Crippen molar-refractivity contribution < 1.29 is 27.4 Å². The van der Waals surface area contributed by atoms with Gasteiger partial charge in [0, 0.05) is 30.3 Å². The number of aryl methyl sites for hydroxylation is 1. The van der Waals surface area contributed by atoms with E-state index in [0.29, 0.717) is 52.8 Å². The second-order valence-electron chi connectivity index (χ2n) is 7.96. The van der Waals surface area contributed by atoms with Gasteiger partial charge in [-0.2, -0.15) is 13.2 Å². The van der Waals surface area contributed by atoms with Gasteiger partial charge in [-0.1, -0.05) is 6.92 Å². The first kappa shape index (κ1) is 25.4. The van der Waals surface area contributed by atoms with Gasteiger partial charge in [-0.3, -0.25) is 0 Å². The van der Waals surface area contributed by atoms with Crippen molar-refractivity contribution in [2.24, 2.45) is 0 Å². The number of methoxy groups -OCH3 is 1. The summed E-state index contributed by atoms with van der Waals surface area (Å²) < 4.78 is 56.5. The zero-order valence-electron chi connectivity index (χ0n) is 19.6. The largest absolute Gasteiger partial charge is 0.493 e. The number of nitrogens with one attached hydrogen (secondary N) is 1. The van der Waals surface area contributed by atoms with Crippen molar-refractivity contribution >= 4 is 22.4 Å². The number of fused-ring (bicyclic) bond motifs is 1. The van der Waals surface area contributed by atoms with Gasteiger partial charge in [-0.05, 0) is 50.1 Å². The molecular formula is C24H29F3N4O3. The number of hydrogen-bond acceptors (Lipinski definition) is 7. The Hall–Kier alpha value is -3.27. The first-order valence-electron chi connectivity index (χ1n) is 10.9.